The number of fused-ring (bicyclic) bond motifs is 1. The van der Waals surface area contributed by atoms with E-state index < -0.39 is 0 Å². The first-order valence-corrected chi connectivity index (χ1v) is 11.2. The van der Waals surface area contributed by atoms with Gasteiger partial charge in [0.15, 0.2) is 0 Å². The van der Waals surface area contributed by atoms with Gasteiger partial charge in [-0.3, -0.25) is 9.59 Å². The zero-order valence-corrected chi connectivity index (χ0v) is 18.2. The van der Waals surface area contributed by atoms with Crippen LogP contribution in [0.1, 0.15) is 62.1 Å². The molecule has 4 nitrogen and oxygen atoms in total. The highest BCUT2D eigenvalue weighted by atomic mass is 32.1. The molecule has 1 aromatic heterocycles. The van der Waals surface area contributed by atoms with Gasteiger partial charge in [-0.15, -0.1) is 11.3 Å². The lowest BCUT2D eigenvalue weighted by Crippen LogP contribution is -2.49. The highest BCUT2D eigenvalue weighted by Gasteiger charge is 2.34. The van der Waals surface area contributed by atoms with E-state index in [0.717, 1.165) is 30.4 Å². The Balaban J connectivity index is 1.89. The van der Waals surface area contributed by atoms with Gasteiger partial charge in [0.2, 0.25) is 11.8 Å². The molecule has 0 radical (unpaired) electrons. The molecule has 156 valence electrons. The van der Waals surface area contributed by atoms with Crippen molar-refractivity contribution in [1.29, 1.82) is 0 Å². The Morgan fingerprint density at radius 2 is 1.97 bits per heavy atom. The number of halogens is 1. The molecule has 0 saturated heterocycles. The lowest BCUT2D eigenvalue weighted by molar-refractivity contribution is -0.143. The third-order valence-corrected chi connectivity index (χ3v) is 6.68. The van der Waals surface area contributed by atoms with E-state index in [2.05, 4.69) is 6.07 Å². The number of carbonyl (C=O) groups excluding carboxylic acids is 2. The van der Waals surface area contributed by atoms with Crippen LogP contribution >= 0.6 is 11.3 Å². The van der Waals surface area contributed by atoms with Crippen molar-refractivity contribution in [3.63, 3.8) is 0 Å². The van der Waals surface area contributed by atoms with Crippen LogP contribution in [0.4, 0.5) is 4.39 Å². The molecular formula is C23H29FN2O2S. The average Bonchev–Trinajstić information content (AvgIpc) is 3.20. The molecule has 6 heteroatoms. The average molecular weight is 417 g/mol. The maximum atomic E-state index is 13.5. The predicted molar refractivity (Wildman–Crippen MR) is 114 cm³/mol. The van der Waals surface area contributed by atoms with E-state index in [-0.39, 0.29) is 36.3 Å². The summed E-state index contributed by atoms with van der Waals surface area (Å²) in [4.78, 5) is 30.8. The maximum Gasteiger partial charge on any atom is 0.243 e. The van der Waals surface area contributed by atoms with Gasteiger partial charge in [-0.1, -0.05) is 26.0 Å². The minimum absolute atomic E-state index is 0.0174. The van der Waals surface area contributed by atoms with Crippen molar-refractivity contribution in [3.8, 4) is 0 Å². The second-order valence-corrected chi connectivity index (χ2v) is 8.62. The number of rotatable bonds is 7. The molecule has 2 aromatic rings. The molecular weight excluding hydrogens is 387 g/mol. The molecule has 29 heavy (non-hydrogen) atoms. The molecule has 0 fully saturated rings. The van der Waals surface area contributed by atoms with Crippen LogP contribution in [0.15, 0.2) is 35.7 Å². The third kappa shape index (κ3) is 4.69. The molecule has 0 unspecified atom stereocenters. The molecule has 2 atom stereocenters. The van der Waals surface area contributed by atoms with E-state index in [0.29, 0.717) is 13.0 Å². The van der Waals surface area contributed by atoms with Gasteiger partial charge in [-0.25, -0.2) is 4.39 Å². The van der Waals surface area contributed by atoms with Crippen LogP contribution < -0.4 is 0 Å². The lowest BCUT2D eigenvalue weighted by Gasteiger charge is -2.38. The SMILES string of the molecule is CCCC(=O)N(CC(=O)N1CCc2sccc2[C@@H]1c1ccc(F)cc1)[C@@H](C)CC. The van der Waals surface area contributed by atoms with Crippen LogP contribution in [0, 0.1) is 5.82 Å². The largest absolute Gasteiger partial charge is 0.331 e. The molecule has 0 spiro atoms. The molecule has 0 saturated carbocycles. The molecule has 0 aliphatic carbocycles. The highest BCUT2D eigenvalue weighted by molar-refractivity contribution is 7.10. The van der Waals surface area contributed by atoms with Crippen molar-refractivity contribution in [2.75, 3.05) is 13.1 Å². The van der Waals surface area contributed by atoms with E-state index in [4.69, 9.17) is 0 Å². The van der Waals surface area contributed by atoms with Crippen molar-refractivity contribution in [1.82, 2.24) is 9.80 Å². The normalized spacial score (nSPS) is 17.0. The molecule has 2 heterocycles. The van der Waals surface area contributed by atoms with Crippen molar-refractivity contribution in [2.24, 2.45) is 0 Å². The van der Waals surface area contributed by atoms with Crippen molar-refractivity contribution >= 4 is 23.2 Å². The summed E-state index contributed by atoms with van der Waals surface area (Å²) in [7, 11) is 0. The Morgan fingerprint density at radius 1 is 1.24 bits per heavy atom. The summed E-state index contributed by atoms with van der Waals surface area (Å²) in [5.41, 5.74) is 2.00. The van der Waals surface area contributed by atoms with Gasteiger partial charge in [-0.2, -0.15) is 0 Å². The summed E-state index contributed by atoms with van der Waals surface area (Å²) in [6.45, 7) is 6.68. The minimum atomic E-state index is -0.291. The zero-order valence-electron chi connectivity index (χ0n) is 17.4. The number of amides is 2. The van der Waals surface area contributed by atoms with Crippen LogP contribution in [0.5, 0.6) is 0 Å². The highest BCUT2D eigenvalue weighted by Crippen LogP contribution is 2.38. The second-order valence-electron chi connectivity index (χ2n) is 7.62. The summed E-state index contributed by atoms with van der Waals surface area (Å²) in [6, 6.07) is 8.22. The maximum absolute atomic E-state index is 13.5. The van der Waals surface area contributed by atoms with Crippen molar-refractivity contribution in [3.05, 3.63) is 57.5 Å². The number of carbonyl (C=O) groups is 2. The topological polar surface area (TPSA) is 40.6 Å². The van der Waals surface area contributed by atoms with Crippen molar-refractivity contribution in [2.45, 2.75) is 58.5 Å². The zero-order chi connectivity index (χ0) is 21.0. The van der Waals surface area contributed by atoms with Gasteiger partial charge in [0.05, 0.1) is 6.04 Å². The number of nitrogens with zero attached hydrogens (tertiary/aromatic N) is 2. The van der Waals surface area contributed by atoms with E-state index in [1.807, 2.05) is 31.1 Å². The molecule has 3 rings (SSSR count). The Hall–Kier alpha value is -2.21. The first-order chi connectivity index (χ1) is 14.0. The van der Waals surface area contributed by atoms with Gasteiger partial charge in [0.1, 0.15) is 12.4 Å². The summed E-state index contributed by atoms with van der Waals surface area (Å²) in [5.74, 6) is -0.316. The Bertz CT molecular complexity index is 849. The fraction of sp³-hybridized carbons (Fsp3) is 0.478. The van der Waals surface area contributed by atoms with Crippen molar-refractivity contribution < 1.29 is 14.0 Å². The van der Waals surface area contributed by atoms with Gasteiger partial charge in [0, 0.05) is 23.9 Å². The van der Waals surface area contributed by atoms with Crippen LogP contribution in [0.3, 0.4) is 0 Å². The Morgan fingerprint density at radius 3 is 2.62 bits per heavy atom. The monoisotopic (exact) mass is 416 g/mol. The van der Waals surface area contributed by atoms with Crippen LogP contribution in [0.2, 0.25) is 0 Å². The lowest BCUT2D eigenvalue weighted by atomic mass is 9.93. The van der Waals surface area contributed by atoms with E-state index in [1.54, 1.807) is 28.4 Å². The second kappa shape index (κ2) is 9.53. The molecule has 1 aromatic carbocycles. The van der Waals surface area contributed by atoms with Gasteiger partial charge in [0.25, 0.3) is 0 Å². The summed E-state index contributed by atoms with van der Waals surface area (Å²) in [5, 5.41) is 2.05. The fourth-order valence-corrected chi connectivity index (χ4v) is 4.80. The van der Waals surface area contributed by atoms with E-state index in [9.17, 15) is 14.0 Å². The fourth-order valence-electron chi connectivity index (χ4n) is 3.89. The van der Waals surface area contributed by atoms with E-state index >= 15 is 0 Å². The Kier molecular flexibility index (Phi) is 7.06. The quantitative estimate of drug-likeness (QED) is 0.651. The number of hydrogen-bond donors (Lipinski definition) is 0. The number of benzene rings is 1. The summed E-state index contributed by atoms with van der Waals surface area (Å²) >= 11 is 1.70. The molecule has 0 bridgehead atoms. The molecule has 0 N–H and O–H groups in total. The summed E-state index contributed by atoms with van der Waals surface area (Å²) in [6.07, 6.45) is 2.83. The van der Waals surface area contributed by atoms with E-state index in [1.165, 1.54) is 17.0 Å². The van der Waals surface area contributed by atoms with Gasteiger partial charge in [-0.05, 0) is 60.9 Å². The van der Waals surface area contributed by atoms with Crippen LogP contribution in [-0.2, 0) is 16.0 Å². The third-order valence-electron chi connectivity index (χ3n) is 5.68. The molecule has 1 aliphatic heterocycles. The smallest absolute Gasteiger partial charge is 0.243 e. The van der Waals surface area contributed by atoms with Gasteiger partial charge < -0.3 is 9.80 Å². The van der Waals surface area contributed by atoms with Crippen LogP contribution in [-0.4, -0.2) is 40.7 Å². The number of thiophene rings is 1. The van der Waals surface area contributed by atoms with Crippen LogP contribution in [0.25, 0.3) is 0 Å². The molecule has 2 amide bonds. The number of hydrogen-bond acceptors (Lipinski definition) is 3. The predicted octanol–water partition coefficient (Wildman–Crippen LogP) is 4.79. The summed E-state index contributed by atoms with van der Waals surface area (Å²) < 4.78 is 13.5. The standard InChI is InChI=1S/C23H29FN2O2S/c1-4-6-21(27)26(16(3)5-2)15-22(28)25-13-11-20-19(12-14-29-20)23(25)17-7-9-18(24)10-8-17/h7-10,12,14,16,23H,4-6,11,13,15H2,1-3H3/t16-,23-/m0/s1. The first-order valence-electron chi connectivity index (χ1n) is 10.4. The van der Waals surface area contributed by atoms with Gasteiger partial charge >= 0.3 is 0 Å². The first kappa shape index (κ1) is 21.5. The molecule has 1 aliphatic rings. The minimum Gasteiger partial charge on any atom is -0.331 e. The Labute approximate surface area is 176 Å².